The summed E-state index contributed by atoms with van der Waals surface area (Å²) in [4.78, 5) is 1.09. The van der Waals surface area contributed by atoms with E-state index in [0.717, 1.165) is 23.5 Å². The molecule has 3 nitrogen and oxygen atoms in total. The Balaban J connectivity index is 2.96. The number of nitrogens with two attached hydrogens (primary N) is 1. The van der Waals surface area contributed by atoms with E-state index in [1.54, 1.807) is 23.9 Å². The molecule has 0 bridgehead atoms. The zero-order valence-electron chi connectivity index (χ0n) is 9.56. The van der Waals surface area contributed by atoms with Crippen molar-refractivity contribution in [3.63, 3.8) is 0 Å². The fourth-order valence-electron chi connectivity index (χ4n) is 1.30. The van der Waals surface area contributed by atoms with E-state index >= 15 is 0 Å². The van der Waals surface area contributed by atoms with Gasteiger partial charge in [0.15, 0.2) is 9.84 Å². The van der Waals surface area contributed by atoms with Gasteiger partial charge in [-0.25, -0.2) is 8.42 Å². The zero-order valence-corrected chi connectivity index (χ0v) is 11.2. The van der Waals surface area contributed by atoms with Gasteiger partial charge >= 0.3 is 0 Å². The van der Waals surface area contributed by atoms with Gasteiger partial charge in [-0.2, -0.15) is 0 Å². The van der Waals surface area contributed by atoms with Crippen molar-refractivity contribution in [2.24, 2.45) is 0 Å². The van der Waals surface area contributed by atoms with Crippen molar-refractivity contribution in [2.75, 3.05) is 17.7 Å². The van der Waals surface area contributed by atoms with Crippen molar-refractivity contribution in [1.82, 2.24) is 0 Å². The van der Waals surface area contributed by atoms with Crippen molar-refractivity contribution in [2.45, 2.75) is 29.6 Å². The Labute approximate surface area is 101 Å². The summed E-state index contributed by atoms with van der Waals surface area (Å²) in [5.74, 6) is 0.966. The van der Waals surface area contributed by atoms with Crippen LogP contribution in [-0.4, -0.2) is 20.4 Å². The molecule has 0 saturated heterocycles. The lowest BCUT2D eigenvalue weighted by molar-refractivity contribution is 0.602. The number of anilines is 1. The van der Waals surface area contributed by atoms with Gasteiger partial charge in [0.1, 0.15) is 0 Å². The summed E-state index contributed by atoms with van der Waals surface area (Å²) < 4.78 is 22.9. The fourth-order valence-corrected chi connectivity index (χ4v) is 3.29. The predicted octanol–water partition coefficient (Wildman–Crippen LogP) is 2.56. The summed E-state index contributed by atoms with van der Waals surface area (Å²) >= 11 is 1.61. The minimum atomic E-state index is -3.22. The first kappa shape index (κ1) is 13.4. The number of para-hydroxylation sites is 1. The highest BCUT2D eigenvalue weighted by Crippen LogP contribution is 2.30. The maximum Gasteiger partial charge on any atom is 0.177 e. The van der Waals surface area contributed by atoms with Crippen LogP contribution in [0, 0.1) is 0 Å². The summed E-state index contributed by atoms with van der Waals surface area (Å²) in [5.41, 5.74) is 6.23. The molecule has 2 N–H and O–H groups in total. The second-order valence-corrected chi connectivity index (χ2v) is 6.76. The molecule has 0 atom stereocenters. The zero-order chi connectivity index (χ0) is 12.2. The van der Waals surface area contributed by atoms with Crippen LogP contribution in [0.5, 0.6) is 0 Å². The van der Waals surface area contributed by atoms with E-state index in [2.05, 4.69) is 6.92 Å². The van der Waals surface area contributed by atoms with Gasteiger partial charge in [-0.1, -0.05) is 19.4 Å². The van der Waals surface area contributed by atoms with E-state index in [1.165, 1.54) is 6.26 Å². The molecule has 0 fully saturated rings. The highest BCUT2D eigenvalue weighted by molar-refractivity contribution is 7.99. The SMILES string of the molecule is CCCCSc1cccc(S(C)(=O)=O)c1N. The molecule has 0 aliphatic heterocycles. The average Bonchev–Trinajstić information content (AvgIpc) is 2.19. The third-order valence-corrected chi connectivity index (χ3v) is 4.50. The van der Waals surface area contributed by atoms with Crippen LogP contribution in [-0.2, 0) is 9.84 Å². The average molecular weight is 259 g/mol. The molecule has 0 unspecified atom stereocenters. The first-order valence-electron chi connectivity index (χ1n) is 5.18. The Bertz CT molecular complexity index is 455. The number of hydrogen-bond acceptors (Lipinski definition) is 4. The molecule has 1 aromatic rings. The van der Waals surface area contributed by atoms with Crippen LogP contribution in [0.4, 0.5) is 5.69 Å². The third-order valence-electron chi connectivity index (χ3n) is 2.18. The molecule has 0 radical (unpaired) electrons. The highest BCUT2D eigenvalue weighted by atomic mass is 32.2. The lowest BCUT2D eigenvalue weighted by Gasteiger charge is -2.08. The predicted molar refractivity (Wildman–Crippen MR) is 69.6 cm³/mol. The Morgan fingerprint density at radius 3 is 2.62 bits per heavy atom. The molecule has 1 rings (SSSR count). The second kappa shape index (κ2) is 5.59. The summed E-state index contributed by atoms with van der Waals surface area (Å²) in [6, 6.07) is 5.15. The van der Waals surface area contributed by atoms with Gasteiger partial charge in [0.05, 0.1) is 10.6 Å². The Hall–Kier alpha value is -0.680. The smallest absolute Gasteiger partial charge is 0.177 e. The molecule has 0 aliphatic rings. The molecule has 1 aromatic carbocycles. The fraction of sp³-hybridized carbons (Fsp3) is 0.455. The molecular formula is C11H17NO2S2. The van der Waals surface area contributed by atoms with Crippen LogP contribution >= 0.6 is 11.8 Å². The minimum Gasteiger partial charge on any atom is -0.397 e. The summed E-state index contributed by atoms with van der Waals surface area (Å²) in [6.45, 7) is 2.12. The van der Waals surface area contributed by atoms with Crippen molar-refractivity contribution in [1.29, 1.82) is 0 Å². The van der Waals surface area contributed by atoms with Gasteiger partial charge in [0, 0.05) is 11.2 Å². The molecule has 90 valence electrons. The Kier molecular flexibility index (Phi) is 4.68. The normalized spacial score (nSPS) is 11.6. The number of sulfone groups is 1. The molecule has 0 amide bonds. The molecule has 0 spiro atoms. The molecule has 5 heteroatoms. The van der Waals surface area contributed by atoms with E-state index in [1.807, 2.05) is 6.07 Å². The number of rotatable bonds is 5. The third kappa shape index (κ3) is 3.42. The van der Waals surface area contributed by atoms with E-state index in [0.29, 0.717) is 5.69 Å². The number of nitrogen functional groups attached to an aromatic ring is 1. The van der Waals surface area contributed by atoms with Crippen molar-refractivity contribution < 1.29 is 8.42 Å². The molecule has 16 heavy (non-hydrogen) atoms. The topological polar surface area (TPSA) is 60.2 Å². The lowest BCUT2D eigenvalue weighted by atomic mass is 10.3. The lowest BCUT2D eigenvalue weighted by Crippen LogP contribution is -2.03. The van der Waals surface area contributed by atoms with Crippen molar-refractivity contribution >= 4 is 27.3 Å². The molecule has 0 saturated carbocycles. The first-order chi connectivity index (χ1) is 7.46. The monoisotopic (exact) mass is 259 g/mol. The largest absolute Gasteiger partial charge is 0.397 e. The van der Waals surface area contributed by atoms with E-state index in [-0.39, 0.29) is 4.90 Å². The Morgan fingerprint density at radius 2 is 2.06 bits per heavy atom. The van der Waals surface area contributed by atoms with Crippen LogP contribution in [0.1, 0.15) is 19.8 Å². The molecular weight excluding hydrogens is 242 g/mol. The maximum absolute atomic E-state index is 11.4. The maximum atomic E-state index is 11.4. The van der Waals surface area contributed by atoms with Gasteiger partial charge < -0.3 is 5.73 Å². The first-order valence-corrected chi connectivity index (χ1v) is 8.06. The number of unbranched alkanes of at least 4 members (excludes halogenated alkanes) is 1. The molecule has 0 aromatic heterocycles. The molecule has 0 aliphatic carbocycles. The number of benzene rings is 1. The summed E-state index contributed by atoms with van der Waals surface area (Å²) in [7, 11) is -3.22. The Morgan fingerprint density at radius 1 is 1.38 bits per heavy atom. The van der Waals surface area contributed by atoms with E-state index in [9.17, 15) is 8.42 Å². The minimum absolute atomic E-state index is 0.231. The van der Waals surface area contributed by atoms with Crippen LogP contribution in [0.3, 0.4) is 0 Å². The van der Waals surface area contributed by atoms with Crippen LogP contribution < -0.4 is 5.73 Å². The standard InChI is InChI=1S/C11H17NO2S2/c1-3-4-8-15-9-6-5-7-10(11(9)12)16(2,13)14/h5-7H,3-4,8,12H2,1-2H3. The van der Waals surface area contributed by atoms with Crippen molar-refractivity contribution in [3.8, 4) is 0 Å². The van der Waals surface area contributed by atoms with Crippen LogP contribution in [0.15, 0.2) is 28.0 Å². The van der Waals surface area contributed by atoms with E-state index in [4.69, 9.17) is 5.73 Å². The summed E-state index contributed by atoms with van der Waals surface area (Å²) in [5, 5.41) is 0. The van der Waals surface area contributed by atoms with Gasteiger partial charge in [0.2, 0.25) is 0 Å². The van der Waals surface area contributed by atoms with Crippen LogP contribution in [0.2, 0.25) is 0 Å². The molecule has 0 heterocycles. The van der Waals surface area contributed by atoms with Gasteiger partial charge in [0.25, 0.3) is 0 Å². The van der Waals surface area contributed by atoms with Crippen molar-refractivity contribution in [3.05, 3.63) is 18.2 Å². The van der Waals surface area contributed by atoms with Crippen LogP contribution in [0.25, 0.3) is 0 Å². The quantitative estimate of drug-likeness (QED) is 0.501. The van der Waals surface area contributed by atoms with Gasteiger partial charge in [-0.15, -0.1) is 11.8 Å². The highest BCUT2D eigenvalue weighted by Gasteiger charge is 2.13. The number of thioether (sulfide) groups is 1. The van der Waals surface area contributed by atoms with E-state index < -0.39 is 9.84 Å². The van der Waals surface area contributed by atoms with Gasteiger partial charge in [-0.05, 0) is 24.3 Å². The second-order valence-electron chi connectivity index (χ2n) is 3.64. The number of hydrogen-bond donors (Lipinski definition) is 1. The van der Waals surface area contributed by atoms with Gasteiger partial charge in [-0.3, -0.25) is 0 Å². The summed E-state index contributed by atoms with van der Waals surface area (Å²) in [6.07, 6.45) is 3.41.